The quantitative estimate of drug-likeness (QED) is 0.852. The zero-order valence-corrected chi connectivity index (χ0v) is 9.43. The summed E-state index contributed by atoms with van der Waals surface area (Å²) in [5.41, 5.74) is 5.65. The molecule has 1 aromatic heterocycles. The lowest BCUT2D eigenvalue weighted by molar-refractivity contribution is 0.0994. The summed E-state index contributed by atoms with van der Waals surface area (Å²) >= 11 is 0. The lowest BCUT2D eigenvalue weighted by atomic mass is 10.2. The van der Waals surface area contributed by atoms with E-state index in [0.29, 0.717) is 11.4 Å². The number of hydrogen-bond donors (Lipinski definition) is 2. The molecule has 5 nitrogen and oxygen atoms in total. The Balaban J connectivity index is 2.02. The molecule has 6 heteroatoms. The minimum absolute atomic E-state index is 0.0893. The number of carbonyl (C=O) groups excluding carboxylic acids is 1. The molecule has 18 heavy (non-hydrogen) atoms. The number of nitrogens with zero attached hydrogens (tertiary/aromatic N) is 2. The first-order valence-electron chi connectivity index (χ1n) is 5.27. The van der Waals surface area contributed by atoms with E-state index in [1.165, 1.54) is 12.1 Å². The molecule has 0 atom stereocenters. The highest BCUT2D eigenvalue weighted by Crippen LogP contribution is 2.09. The number of rotatable bonds is 4. The van der Waals surface area contributed by atoms with Gasteiger partial charge in [0.2, 0.25) is 0 Å². The van der Waals surface area contributed by atoms with E-state index < -0.39 is 5.91 Å². The number of aromatic nitrogens is 2. The second kappa shape index (κ2) is 5.22. The maximum atomic E-state index is 13.3. The van der Waals surface area contributed by atoms with Gasteiger partial charge < -0.3 is 11.1 Å². The number of amides is 1. The maximum absolute atomic E-state index is 13.3. The van der Waals surface area contributed by atoms with Crippen LogP contribution in [-0.4, -0.2) is 16.1 Å². The molecular formula is C12H11FN4O. The molecule has 2 aromatic rings. The van der Waals surface area contributed by atoms with E-state index >= 15 is 0 Å². The highest BCUT2D eigenvalue weighted by Gasteiger charge is 2.04. The van der Waals surface area contributed by atoms with Gasteiger partial charge in [0.25, 0.3) is 5.91 Å². The average molecular weight is 246 g/mol. The Bertz CT molecular complexity index is 556. The Morgan fingerprint density at radius 3 is 2.61 bits per heavy atom. The highest BCUT2D eigenvalue weighted by atomic mass is 19.1. The molecule has 2 rings (SSSR count). The summed E-state index contributed by atoms with van der Waals surface area (Å²) in [7, 11) is 0. The van der Waals surface area contributed by atoms with Crippen LogP contribution in [0.15, 0.2) is 36.4 Å². The SMILES string of the molecule is NC(=O)c1ccc(NCc2ccccc2F)nn1. The summed E-state index contributed by atoms with van der Waals surface area (Å²) < 4.78 is 13.3. The van der Waals surface area contributed by atoms with Gasteiger partial charge in [0.1, 0.15) is 11.6 Å². The van der Waals surface area contributed by atoms with Crippen LogP contribution in [0.2, 0.25) is 0 Å². The van der Waals surface area contributed by atoms with Gasteiger partial charge in [-0.2, -0.15) is 0 Å². The number of nitrogens with two attached hydrogens (primary N) is 1. The van der Waals surface area contributed by atoms with Gasteiger partial charge in [0.05, 0.1) is 0 Å². The van der Waals surface area contributed by atoms with Gasteiger partial charge in [0, 0.05) is 12.1 Å². The summed E-state index contributed by atoms with van der Waals surface area (Å²) in [5.74, 6) is -0.474. The molecule has 0 radical (unpaired) electrons. The third kappa shape index (κ3) is 2.79. The Hall–Kier alpha value is -2.50. The van der Waals surface area contributed by atoms with Crippen molar-refractivity contribution in [2.45, 2.75) is 6.54 Å². The molecule has 0 saturated carbocycles. The standard InChI is InChI=1S/C12H11FN4O/c13-9-4-2-1-3-8(9)7-15-11-6-5-10(12(14)18)16-17-11/h1-6H,7H2,(H2,14,18)(H,15,17). The molecule has 0 aliphatic rings. The Morgan fingerprint density at radius 2 is 2.00 bits per heavy atom. The van der Waals surface area contributed by atoms with Crippen LogP contribution >= 0.6 is 0 Å². The molecule has 0 aliphatic heterocycles. The summed E-state index contributed by atoms with van der Waals surface area (Å²) in [4.78, 5) is 10.8. The fourth-order valence-electron chi connectivity index (χ4n) is 1.39. The Kier molecular flexibility index (Phi) is 3.47. The topological polar surface area (TPSA) is 80.9 Å². The van der Waals surface area contributed by atoms with Crippen molar-refractivity contribution in [3.63, 3.8) is 0 Å². The van der Waals surface area contributed by atoms with Crippen molar-refractivity contribution in [2.75, 3.05) is 5.32 Å². The van der Waals surface area contributed by atoms with Crippen molar-refractivity contribution >= 4 is 11.7 Å². The lowest BCUT2D eigenvalue weighted by Gasteiger charge is -2.05. The van der Waals surface area contributed by atoms with Crippen LogP contribution in [0.5, 0.6) is 0 Å². The predicted octanol–water partition coefficient (Wildman–Crippen LogP) is 1.33. The summed E-state index contributed by atoms with van der Waals surface area (Å²) in [6, 6.07) is 9.46. The van der Waals surface area contributed by atoms with Gasteiger partial charge in [-0.3, -0.25) is 4.79 Å². The van der Waals surface area contributed by atoms with E-state index in [9.17, 15) is 9.18 Å². The number of halogens is 1. The number of nitrogens with one attached hydrogen (secondary N) is 1. The van der Waals surface area contributed by atoms with E-state index in [-0.39, 0.29) is 18.1 Å². The van der Waals surface area contributed by atoms with Crippen LogP contribution in [0.1, 0.15) is 16.1 Å². The minimum Gasteiger partial charge on any atom is -0.364 e. The van der Waals surface area contributed by atoms with E-state index in [1.807, 2.05) is 0 Å². The maximum Gasteiger partial charge on any atom is 0.269 e. The third-order valence-corrected chi connectivity index (χ3v) is 2.33. The molecule has 3 N–H and O–H groups in total. The molecule has 0 spiro atoms. The van der Waals surface area contributed by atoms with Crippen molar-refractivity contribution in [1.82, 2.24) is 10.2 Å². The van der Waals surface area contributed by atoms with Crippen molar-refractivity contribution in [3.8, 4) is 0 Å². The fourth-order valence-corrected chi connectivity index (χ4v) is 1.39. The molecule has 1 amide bonds. The second-order valence-electron chi connectivity index (χ2n) is 3.61. The van der Waals surface area contributed by atoms with Gasteiger partial charge in [-0.25, -0.2) is 4.39 Å². The van der Waals surface area contributed by atoms with Gasteiger partial charge in [-0.05, 0) is 18.2 Å². The van der Waals surface area contributed by atoms with E-state index in [1.54, 1.807) is 24.3 Å². The molecule has 0 saturated heterocycles. The smallest absolute Gasteiger partial charge is 0.269 e. The zero-order chi connectivity index (χ0) is 13.0. The second-order valence-corrected chi connectivity index (χ2v) is 3.61. The van der Waals surface area contributed by atoms with Crippen molar-refractivity contribution < 1.29 is 9.18 Å². The number of anilines is 1. The molecule has 0 fully saturated rings. The van der Waals surface area contributed by atoms with Crippen LogP contribution in [0.3, 0.4) is 0 Å². The molecule has 0 unspecified atom stereocenters. The molecule has 1 heterocycles. The predicted molar refractivity (Wildman–Crippen MR) is 64.3 cm³/mol. The Morgan fingerprint density at radius 1 is 1.22 bits per heavy atom. The number of hydrogen-bond acceptors (Lipinski definition) is 4. The first kappa shape index (κ1) is 12.0. The molecule has 92 valence electrons. The molecule has 0 bridgehead atoms. The van der Waals surface area contributed by atoms with E-state index in [2.05, 4.69) is 15.5 Å². The van der Waals surface area contributed by atoms with Gasteiger partial charge in [-0.1, -0.05) is 18.2 Å². The summed E-state index contributed by atoms with van der Waals surface area (Å²) in [6.45, 7) is 0.289. The third-order valence-electron chi connectivity index (χ3n) is 2.33. The van der Waals surface area contributed by atoms with E-state index in [4.69, 9.17) is 5.73 Å². The molecule has 1 aromatic carbocycles. The van der Waals surface area contributed by atoms with Crippen LogP contribution in [0.25, 0.3) is 0 Å². The monoisotopic (exact) mass is 246 g/mol. The van der Waals surface area contributed by atoms with Crippen LogP contribution in [0, 0.1) is 5.82 Å². The lowest BCUT2D eigenvalue weighted by Crippen LogP contribution is -2.14. The molecule has 0 aliphatic carbocycles. The van der Waals surface area contributed by atoms with Crippen molar-refractivity contribution in [3.05, 3.63) is 53.5 Å². The van der Waals surface area contributed by atoms with Gasteiger partial charge >= 0.3 is 0 Å². The molecular weight excluding hydrogens is 235 g/mol. The Labute approximate surface area is 103 Å². The minimum atomic E-state index is -0.636. The van der Waals surface area contributed by atoms with Gasteiger partial charge in [-0.15, -0.1) is 10.2 Å². The number of primary amides is 1. The number of carbonyl (C=O) groups is 1. The van der Waals surface area contributed by atoms with Crippen LogP contribution in [-0.2, 0) is 6.54 Å². The largest absolute Gasteiger partial charge is 0.364 e. The van der Waals surface area contributed by atoms with Crippen molar-refractivity contribution in [1.29, 1.82) is 0 Å². The van der Waals surface area contributed by atoms with E-state index in [0.717, 1.165) is 0 Å². The van der Waals surface area contributed by atoms with Crippen LogP contribution in [0.4, 0.5) is 10.2 Å². The summed E-state index contributed by atoms with van der Waals surface area (Å²) in [5, 5.41) is 10.3. The average Bonchev–Trinajstić information content (AvgIpc) is 2.38. The zero-order valence-electron chi connectivity index (χ0n) is 9.43. The van der Waals surface area contributed by atoms with Crippen LogP contribution < -0.4 is 11.1 Å². The normalized spacial score (nSPS) is 10.1. The van der Waals surface area contributed by atoms with Crippen molar-refractivity contribution in [2.24, 2.45) is 5.73 Å². The summed E-state index contributed by atoms with van der Waals surface area (Å²) in [6.07, 6.45) is 0. The fraction of sp³-hybridized carbons (Fsp3) is 0.0833. The first-order chi connectivity index (χ1) is 8.66. The van der Waals surface area contributed by atoms with Gasteiger partial charge in [0.15, 0.2) is 5.69 Å². The highest BCUT2D eigenvalue weighted by molar-refractivity contribution is 5.90. The first-order valence-corrected chi connectivity index (χ1v) is 5.27. The number of benzene rings is 1.